The molecule has 0 heterocycles. The zero-order valence-corrected chi connectivity index (χ0v) is 18.0. The van der Waals surface area contributed by atoms with Crippen molar-refractivity contribution < 1.29 is 14.2 Å². The molecule has 158 valence electrons. The van der Waals surface area contributed by atoms with Crippen molar-refractivity contribution in [2.75, 3.05) is 53.6 Å². The highest BCUT2D eigenvalue weighted by atomic mass is 16.5. The molecule has 2 rings (SSSR count). The molecule has 28 heavy (non-hydrogen) atoms. The number of aryl methyl sites for hydroxylation is 1. The Labute approximate surface area is 170 Å². The van der Waals surface area contributed by atoms with Crippen molar-refractivity contribution in [1.29, 1.82) is 0 Å². The summed E-state index contributed by atoms with van der Waals surface area (Å²) in [5, 5.41) is 3.37. The number of nitrogens with zero attached hydrogens (tertiary/aromatic N) is 2. The van der Waals surface area contributed by atoms with E-state index < -0.39 is 0 Å². The summed E-state index contributed by atoms with van der Waals surface area (Å²) < 4.78 is 16.8. The van der Waals surface area contributed by atoms with Crippen LogP contribution >= 0.6 is 0 Å². The minimum absolute atomic E-state index is 0.632. The van der Waals surface area contributed by atoms with E-state index in [0.717, 1.165) is 69.1 Å². The highest BCUT2D eigenvalue weighted by Gasteiger charge is 2.21. The molecule has 6 nitrogen and oxygen atoms in total. The molecule has 1 N–H and O–H groups in total. The summed E-state index contributed by atoms with van der Waals surface area (Å²) in [7, 11) is 3.74. The van der Waals surface area contributed by atoms with Gasteiger partial charge in [0.05, 0.1) is 20.3 Å². The van der Waals surface area contributed by atoms with Gasteiger partial charge in [-0.05, 0) is 63.1 Å². The first-order chi connectivity index (χ1) is 13.7. The Morgan fingerprint density at radius 2 is 2.07 bits per heavy atom. The normalized spacial score (nSPS) is 14.1. The van der Waals surface area contributed by atoms with Crippen LogP contribution in [-0.2, 0) is 11.2 Å². The lowest BCUT2D eigenvalue weighted by molar-refractivity contribution is 0.115. The van der Waals surface area contributed by atoms with Crippen LogP contribution < -0.4 is 14.8 Å². The van der Waals surface area contributed by atoms with Gasteiger partial charge in [-0.2, -0.15) is 0 Å². The molecular weight excluding hydrogens is 354 g/mol. The minimum atomic E-state index is 0.632. The number of likely N-dealkylation sites (N-methyl/N-ethyl adjacent to an activating group) is 1. The van der Waals surface area contributed by atoms with E-state index in [4.69, 9.17) is 19.2 Å². The van der Waals surface area contributed by atoms with Gasteiger partial charge in [-0.3, -0.25) is 4.99 Å². The third-order valence-electron chi connectivity index (χ3n) is 4.73. The van der Waals surface area contributed by atoms with Crippen molar-refractivity contribution in [2.45, 2.75) is 39.5 Å². The Balaban J connectivity index is 1.77. The second-order valence-corrected chi connectivity index (χ2v) is 7.20. The molecule has 1 aliphatic carbocycles. The van der Waals surface area contributed by atoms with Gasteiger partial charge >= 0.3 is 0 Å². The highest BCUT2D eigenvalue weighted by Crippen LogP contribution is 2.29. The van der Waals surface area contributed by atoms with Crippen LogP contribution in [0.15, 0.2) is 23.2 Å². The number of ether oxygens (including phenoxy) is 3. The molecule has 0 amide bonds. The van der Waals surface area contributed by atoms with Crippen molar-refractivity contribution in [1.82, 2.24) is 10.2 Å². The number of benzene rings is 1. The second kappa shape index (κ2) is 12.5. The first-order valence-electron chi connectivity index (χ1n) is 10.5. The first kappa shape index (κ1) is 22.3. The van der Waals surface area contributed by atoms with Crippen LogP contribution in [0.3, 0.4) is 0 Å². The van der Waals surface area contributed by atoms with E-state index in [1.165, 1.54) is 18.4 Å². The van der Waals surface area contributed by atoms with Crippen molar-refractivity contribution in [3.8, 4) is 11.5 Å². The Morgan fingerprint density at radius 3 is 2.75 bits per heavy atom. The van der Waals surface area contributed by atoms with Gasteiger partial charge in [-0.1, -0.05) is 6.07 Å². The molecular formula is C22H37N3O3. The van der Waals surface area contributed by atoms with E-state index in [1.54, 1.807) is 7.11 Å². The largest absolute Gasteiger partial charge is 0.493 e. The molecule has 1 aromatic carbocycles. The number of rotatable bonds is 13. The average molecular weight is 392 g/mol. The molecule has 6 heteroatoms. The molecule has 0 saturated heterocycles. The van der Waals surface area contributed by atoms with Gasteiger partial charge in [-0.15, -0.1) is 0 Å². The first-order valence-corrected chi connectivity index (χ1v) is 10.5. The summed E-state index contributed by atoms with van der Waals surface area (Å²) in [5.41, 5.74) is 1.24. The lowest BCUT2D eigenvalue weighted by Crippen LogP contribution is -2.40. The lowest BCUT2D eigenvalue weighted by Gasteiger charge is -2.22. The number of nitrogens with one attached hydrogen (secondary N) is 1. The van der Waals surface area contributed by atoms with Gasteiger partial charge < -0.3 is 24.4 Å². The molecule has 0 aromatic heterocycles. The van der Waals surface area contributed by atoms with Crippen LogP contribution in [0.5, 0.6) is 11.5 Å². The molecule has 0 radical (unpaired) electrons. The van der Waals surface area contributed by atoms with Crippen molar-refractivity contribution in [3.63, 3.8) is 0 Å². The third kappa shape index (κ3) is 7.97. The fourth-order valence-corrected chi connectivity index (χ4v) is 2.92. The summed E-state index contributed by atoms with van der Waals surface area (Å²) in [5.74, 6) is 3.35. The summed E-state index contributed by atoms with van der Waals surface area (Å²) >= 11 is 0. The Morgan fingerprint density at radius 1 is 1.25 bits per heavy atom. The van der Waals surface area contributed by atoms with Crippen LogP contribution in [0.4, 0.5) is 0 Å². The molecule has 0 bridgehead atoms. The summed E-state index contributed by atoms with van der Waals surface area (Å²) in [6.45, 7) is 8.88. The minimum Gasteiger partial charge on any atom is -0.493 e. The van der Waals surface area contributed by atoms with Crippen molar-refractivity contribution >= 4 is 5.96 Å². The quantitative estimate of drug-likeness (QED) is 0.317. The van der Waals surface area contributed by atoms with Crippen LogP contribution in [0, 0.1) is 5.92 Å². The van der Waals surface area contributed by atoms with E-state index in [2.05, 4.69) is 36.3 Å². The number of aliphatic imine (C=N–C) groups is 1. The fraction of sp³-hybridized carbons (Fsp3) is 0.682. The molecule has 0 aliphatic heterocycles. The maximum absolute atomic E-state index is 5.74. The monoisotopic (exact) mass is 391 g/mol. The van der Waals surface area contributed by atoms with Gasteiger partial charge in [0.2, 0.25) is 0 Å². The maximum Gasteiger partial charge on any atom is 0.193 e. The van der Waals surface area contributed by atoms with Crippen molar-refractivity contribution in [2.24, 2.45) is 10.9 Å². The second-order valence-electron chi connectivity index (χ2n) is 7.20. The fourth-order valence-electron chi connectivity index (χ4n) is 2.92. The van der Waals surface area contributed by atoms with E-state index >= 15 is 0 Å². The number of methoxy groups -OCH3 is 1. The molecule has 1 aliphatic rings. The standard InChI is InChI=1S/C22H37N3O3/c1-5-23-22(25(3)14-15-27-17-19-9-10-19)24-13-7-8-18-11-12-20(26-4)21(16-18)28-6-2/h11-12,16,19H,5-10,13-15,17H2,1-4H3,(H,23,24). The Hall–Kier alpha value is -1.95. The van der Waals surface area contributed by atoms with Gasteiger partial charge in [0.1, 0.15) is 0 Å². The lowest BCUT2D eigenvalue weighted by atomic mass is 10.1. The van der Waals surface area contributed by atoms with E-state index in [-0.39, 0.29) is 0 Å². The van der Waals surface area contributed by atoms with Crippen LogP contribution in [0.25, 0.3) is 0 Å². The van der Waals surface area contributed by atoms with Crippen LogP contribution in [-0.4, -0.2) is 64.5 Å². The molecule has 1 fully saturated rings. The average Bonchev–Trinajstić information content (AvgIpc) is 3.52. The van der Waals surface area contributed by atoms with Gasteiger partial charge in [0.15, 0.2) is 17.5 Å². The van der Waals surface area contributed by atoms with E-state index in [1.807, 2.05) is 13.0 Å². The molecule has 1 aromatic rings. The Bertz CT molecular complexity index is 603. The topological polar surface area (TPSA) is 55.3 Å². The van der Waals surface area contributed by atoms with Gasteiger partial charge in [0.25, 0.3) is 0 Å². The molecule has 1 saturated carbocycles. The summed E-state index contributed by atoms with van der Waals surface area (Å²) in [6, 6.07) is 6.14. The smallest absolute Gasteiger partial charge is 0.193 e. The highest BCUT2D eigenvalue weighted by molar-refractivity contribution is 5.79. The van der Waals surface area contributed by atoms with E-state index in [0.29, 0.717) is 6.61 Å². The van der Waals surface area contributed by atoms with Crippen LogP contribution in [0.2, 0.25) is 0 Å². The summed E-state index contributed by atoms with van der Waals surface area (Å²) in [4.78, 5) is 6.92. The molecule has 0 atom stereocenters. The maximum atomic E-state index is 5.74. The Kier molecular flexibility index (Phi) is 9.97. The van der Waals surface area contributed by atoms with Crippen LogP contribution in [0.1, 0.15) is 38.7 Å². The third-order valence-corrected chi connectivity index (χ3v) is 4.73. The molecule has 0 spiro atoms. The predicted octanol–water partition coefficient (Wildman–Crippen LogP) is 3.35. The molecule has 0 unspecified atom stereocenters. The predicted molar refractivity (Wildman–Crippen MR) is 115 cm³/mol. The van der Waals surface area contributed by atoms with Crippen molar-refractivity contribution in [3.05, 3.63) is 23.8 Å². The number of hydrogen-bond acceptors (Lipinski definition) is 4. The SMILES string of the molecule is CCNC(=NCCCc1ccc(OC)c(OCC)c1)N(C)CCOCC1CC1. The number of hydrogen-bond donors (Lipinski definition) is 1. The zero-order valence-electron chi connectivity index (χ0n) is 18.0. The zero-order chi connectivity index (χ0) is 20.2. The van der Waals surface area contributed by atoms with E-state index in [9.17, 15) is 0 Å². The summed E-state index contributed by atoms with van der Waals surface area (Å²) in [6.07, 6.45) is 4.61. The van der Waals surface area contributed by atoms with Gasteiger partial charge in [0, 0.05) is 33.3 Å². The van der Waals surface area contributed by atoms with Gasteiger partial charge in [-0.25, -0.2) is 0 Å². The number of guanidine groups is 1.